The van der Waals surface area contributed by atoms with Crippen LogP contribution >= 0.6 is 0 Å². The zero-order valence-electron chi connectivity index (χ0n) is 14.6. The van der Waals surface area contributed by atoms with Crippen LogP contribution in [0.5, 0.6) is 0 Å². The summed E-state index contributed by atoms with van der Waals surface area (Å²) in [5.74, 6) is 0.220. The highest BCUT2D eigenvalue weighted by molar-refractivity contribution is 5.94. The van der Waals surface area contributed by atoms with Crippen LogP contribution in [-0.2, 0) is 16.1 Å². The number of hydrogen-bond donors (Lipinski definition) is 0. The maximum absolute atomic E-state index is 13.0. The van der Waals surface area contributed by atoms with Gasteiger partial charge in [-0.2, -0.15) is 0 Å². The zero-order chi connectivity index (χ0) is 16.8. The fourth-order valence-corrected chi connectivity index (χ4v) is 3.51. The average Bonchev–Trinajstić information content (AvgIpc) is 3.15. The third-order valence-corrected chi connectivity index (χ3v) is 4.93. The third-order valence-electron chi connectivity index (χ3n) is 4.93. The normalized spacial score (nSPS) is 19.8. The molecule has 1 aromatic carbocycles. The molecule has 3 rings (SSSR count). The highest BCUT2D eigenvalue weighted by Crippen LogP contribution is 2.22. The summed E-state index contributed by atoms with van der Waals surface area (Å²) in [6.45, 7) is 7.28. The number of morpholine rings is 1. The van der Waals surface area contributed by atoms with Crippen LogP contribution in [0, 0.1) is 0 Å². The van der Waals surface area contributed by atoms with E-state index in [1.165, 1.54) is 5.56 Å². The van der Waals surface area contributed by atoms with Gasteiger partial charge in [0.25, 0.3) is 0 Å². The van der Waals surface area contributed by atoms with Crippen molar-refractivity contribution in [2.24, 2.45) is 0 Å². The lowest BCUT2D eigenvalue weighted by Gasteiger charge is -2.35. The van der Waals surface area contributed by atoms with E-state index >= 15 is 0 Å². The highest BCUT2D eigenvalue weighted by atomic mass is 16.5. The van der Waals surface area contributed by atoms with Crippen LogP contribution in [0.2, 0.25) is 0 Å². The van der Waals surface area contributed by atoms with Crippen molar-refractivity contribution < 1.29 is 9.53 Å². The third kappa shape index (κ3) is 4.46. The van der Waals surface area contributed by atoms with Crippen molar-refractivity contribution in [3.8, 4) is 0 Å². The maximum atomic E-state index is 13.0. The predicted octanol–water partition coefficient (Wildman–Crippen LogP) is 2.85. The minimum atomic E-state index is 0.192. The van der Waals surface area contributed by atoms with Gasteiger partial charge in [0.15, 0.2) is 0 Å². The van der Waals surface area contributed by atoms with Crippen LogP contribution in [0.1, 0.15) is 31.7 Å². The summed E-state index contributed by atoms with van der Waals surface area (Å²) in [7, 11) is 0. The standard InChI is InChI=1S/C20H28N2O2/c1-17(15-21-11-13-24-14-12-21)22(16-18-7-3-2-4-8-18)20(23)19-9-5-6-10-19/h2-4,7-9,17H,5-6,10-16H2,1H3/t17-/m0/s1. The molecule has 1 amide bonds. The predicted molar refractivity (Wildman–Crippen MR) is 95.6 cm³/mol. The number of hydrogen-bond acceptors (Lipinski definition) is 3. The lowest BCUT2D eigenvalue weighted by molar-refractivity contribution is -0.130. The molecular weight excluding hydrogens is 300 g/mol. The number of nitrogens with zero attached hydrogens (tertiary/aromatic N) is 2. The number of rotatable bonds is 6. The molecule has 4 nitrogen and oxygen atoms in total. The van der Waals surface area contributed by atoms with E-state index in [9.17, 15) is 4.79 Å². The molecule has 1 atom stereocenters. The Labute approximate surface area is 145 Å². The molecular formula is C20H28N2O2. The van der Waals surface area contributed by atoms with E-state index in [2.05, 4.69) is 34.9 Å². The van der Waals surface area contributed by atoms with Gasteiger partial charge in [0.1, 0.15) is 0 Å². The number of carbonyl (C=O) groups is 1. The monoisotopic (exact) mass is 328 g/mol. The molecule has 1 heterocycles. The summed E-state index contributed by atoms with van der Waals surface area (Å²) in [5, 5.41) is 0. The lowest BCUT2D eigenvalue weighted by Crippen LogP contribution is -2.48. The first-order valence-corrected chi connectivity index (χ1v) is 9.08. The molecule has 1 fully saturated rings. The summed E-state index contributed by atoms with van der Waals surface area (Å²) in [5.41, 5.74) is 2.19. The van der Waals surface area contributed by atoms with Crippen molar-refractivity contribution in [3.63, 3.8) is 0 Å². The SMILES string of the molecule is C[C@@H](CN1CCOCC1)N(Cc1ccccc1)C(=O)C1=CCCC1. The van der Waals surface area contributed by atoms with Gasteiger partial charge in [-0.25, -0.2) is 0 Å². The Hall–Kier alpha value is -1.65. The van der Waals surface area contributed by atoms with Gasteiger partial charge in [0.05, 0.1) is 13.2 Å². The molecule has 0 saturated carbocycles. The fraction of sp³-hybridized carbons (Fsp3) is 0.550. The second-order valence-corrected chi connectivity index (χ2v) is 6.80. The molecule has 2 aliphatic rings. The van der Waals surface area contributed by atoms with E-state index in [1.54, 1.807) is 0 Å². The van der Waals surface area contributed by atoms with Crippen LogP contribution in [-0.4, -0.2) is 54.6 Å². The fourth-order valence-electron chi connectivity index (χ4n) is 3.51. The van der Waals surface area contributed by atoms with E-state index in [0.717, 1.165) is 57.7 Å². The minimum Gasteiger partial charge on any atom is -0.379 e. The second kappa shape index (κ2) is 8.45. The van der Waals surface area contributed by atoms with E-state index < -0.39 is 0 Å². The molecule has 1 aromatic rings. The molecule has 130 valence electrons. The van der Waals surface area contributed by atoms with Gasteiger partial charge in [-0.05, 0) is 31.7 Å². The Morgan fingerprint density at radius 2 is 2.00 bits per heavy atom. The van der Waals surface area contributed by atoms with Crippen molar-refractivity contribution in [2.75, 3.05) is 32.8 Å². The number of carbonyl (C=O) groups excluding carboxylic acids is 1. The number of benzene rings is 1. The van der Waals surface area contributed by atoms with E-state index in [4.69, 9.17) is 4.74 Å². The topological polar surface area (TPSA) is 32.8 Å². The van der Waals surface area contributed by atoms with Gasteiger partial charge in [-0.3, -0.25) is 9.69 Å². The molecule has 0 bridgehead atoms. The van der Waals surface area contributed by atoms with Crippen LogP contribution in [0.15, 0.2) is 42.0 Å². The first-order chi connectivity index (χ1) is 11.7. The molecule has 4 heteroatoms. The first-order valence-electron chi connectivity index (χ1n) is 9.08. The first kappa shape index (κ1) is 17.2. The largest absolute Gasteiger partial charge is 0.379 e. The lowest BCUT2D eigenvalue weighted by atomic mass is 10.1. The van der Waals surface area contributed by atoms with Gasteiger partial charge in [0, 0.05) is 37.8 Å². The van der Waals surface area contributed by atoms with Crippen LogP contribution in [0.25, 0.3) is 0 Å². The Morgan fingerprint density at radius 1 is 1.25 bits per heavy atom. The van der Waals surface area contributed by atoms with Gasteiger partial charge in [0.2, 0.25) is 5.91 Å². The van der Waals surface area contributed by atoms with Crippen molar-refractivity contribution >= 4 is 5.91 Å². The molecule has 1 saturated heterocycles. The summed E-state index contributed by atoms with van der Waals surface area (Å²) in [6, 6.07) is 10.5. The Balaban J connectivity index is 1.71. The molecule has 0 N–H and O–H groups in total. The van der Waals surface area contributed by atoms with E-state index in [0.29, 0.717) is 6.54 Å². The van der Waals surface area contributed by atoms with Crippen molar-refractivity contribution in [1.82, 2.24) is 9.80 Å². The molecule has 0 aromatic heterocycles. The average molecular weight is 328 g/mol. The number of ether oxygens (including phenoxy) is 1. The van der Waals surface area contributed by atoms with E-state index in [-0.39, 0.29) is 11.9 Å². The number of amides is 1. The van der Waals surface area contributed by atoms with E-state index in [1.807, 2.05) is 18.2 Å². The van der Waals surface area contributed by atoms with Crippen LogP contribution in [0.3, 0.4) is 0 Å². The summed E-state index contributed by atoms with van der Waals surface area (Å²) in [6.07, 6.45) is 5.20. The van der Waals surface area contributed by atoms with Gasteiger partial charge in [-0.15, -0.1) is 0 Å². The quantitative estimate of drug-likeness (QED) is 0.805. The minimum absolute atomic E-state index is 0.192. The zero-order valence-corrected chi connectivity index (χ0v) is 14.6. The highest BCUT2D eigenvalue weighted by Gasteiger charge is 2.26. The molecule has 1 aliphatic carbocycles. The van der Waals surface area contributed by atoms with Crippen molar-refractivity contribution in [2.45, 2.75) is 38.8 Å². The Morgan fingerprint density at radius 3 is 2.67 bits per heavy atom. The summed E-state index contributed by atoms with van der Waals surface area (Å²) < 4.78 is 5.43. The molecule has 0 unspecified atom stereocenters. The Bertz CT molecular complexity index is 564. The molecule has 1 aliphatic heterocycles. The van der Waals surface area contributed by atoms with Crippen molar-refractivity contribution in [1.29, 1.82) is 0 Å². The van der Waals surface area contributed by atoms with Crippen LogP contribution in [0.4, 0.5) is 0 Å². The van der Waals surface area contributed by atoms with Crippen molar-refractivity contribution in [3.05, 3.63) is 47.5 Å². The Kier molecular flexibility index (Phi) is 6.05. The maximum Gasteiger partial charge on any atom is 0.250 e. The molecule has 24 heavy (non-hydrogen) atoms. The van der Waals surface area contributed by atoms with Gasteiger partial charge >= 0.3 is 0 Å². The molecule has 0 radical (unpaired) electrons. The summed E-state index contributed by atoms with van der Waals surface area (Å²) >= 11 is 0. The molecule has 0 spiro atoms. The summed E-state index contributed by atoms with van der Waals surface area (Å²) in [4.78, 5) is 17.5. The van der Waals surface area contributed by atoms with Crippen LogP contribution < -0.4 is 0 Å². The van der Waals surface area contributed by atoms with Gasteiger partial charge in [-0.1, -0.05) is 36.4 Å². The second-order valence-electron chi connectivity index (χ2n) is 6.80. The smallest absolute Gasteiger partial charge is 0.250 e. The number of allylic oxidation sites excluding steroid dienone is 1. The van der Waals surface area contributed by atoms with Gasteiger partial charge < -0.3 is 9.64 Å².